The van der Waals surface area contributed by atoms with Crippen LogP contribution in [0.15, 0.2) is 30.5 Å². The van der Waals surface area contributed by atoms with Gasteiger partial charge in [0.25, 0.3) is 0 Å². The lowest BCUT2D eigenvalue weighted by molar-refractivity contribution is -0.115. The summed E-state index contributed by atoms with van der Waals surface area (Å²) in [7, 11) is 1.78. The van der Waals surface area contributed by atoms with Gasteiger partial charge in [-0.05, 0) is 51.0 Å². The van der Waals surface area contributed by atoms with Crippen molar-refractivity contribution in [3.8, 4) is 11.3 Å². The van der Waals surface area contributed by atoms with Crippen LogP contribution in [0.3, 0.4) is 0 Å². The molecule has 0 bridgehead atoms. The number of rotatable bonds is 5. The van der Waals surface area contributed by atoms with Crippen LogP contribution in [0.4, 0.5) is 11.6 Å². The molecular weight excluding hydrogens is 380 g/mol. The maximum Gasteiger partial charge on any atom is 0.245 e. The van der Waals surface area contributed by atoms with Gasteiger partial charge < -0.3 is 20.1 Å². The molecule has 1 fully saturated rings. The van der Waals surface area contributed by atoms with Crippen molar-refractivity contribution >= 4 is 17.5 Å². The number of anilines is 2. The average molecular weight is 413 g/mol. The summed E-state index contributed by atoms with van der Waals surface area (Å²) < 4.78 is 5.48. The second-order valence-corrected chi connectivity index (χ2v) is 8.87. The first-order chi connectivity index (χ1) is 14.3. The number of benzene rings is 1. The maximum absolute atomic E-state index is 12.2. The Bertz CT molecular complexity index is 906. The molecule has 0 radical (unpaired) electrons. The number of fused-ring (bicyclic) bond motifs is 1. The van der Waals surface area contributed by atoms with Crippen LogP contribution in [0, 0.1) is 5.92 Å². The van der Waals surface area contributed by atoms with Crippen LogP contribution in [0.25, 0.3) is 11.3 Å². The van der Waals surface area contributed by atoms with Gasteiger partial charge in [-0.25, -0.2) is 9.97 Å². The SMILES string of the molecule is COC1CCC(CN2CC(=O)Nc3ncc(-c4ccc(C(C)(C)O)cc4)nc32)CC1.[HH]. The minimum atomic E-state index is -0.886. The van der Waals surface area contributed by atoms with Gasteiger partial charge in [-0.2, -0.15) is 0 Å². The Kier molecular flexibility index (Phi) is 5.75. The summed E-state index contributed by atoms with van der Waals surface area (Å²) in [5.74, 6) is 1.72. The van der Waals surface area contributed by atoms with E-state index in [-0.39, 0.29) is 7.33 Å². The first kappa shape index (κ1) is 20.8. The topological polar surface area (TPSA) is 87.6 Å². The van der Waals surface area contributed by atoms with E-state index in [1.807, 2.05) is 24.3 Å². The lowest BCUT2D eigenvalue weighted by atomic mass is 9.87. The second kappa shape index (κ2) is 8.32. The monoisotopic (exact) mass is 412 g/mol. The summed E-state index contributed by atoms with van der Waals surface area (Å²) in [5, 5.41) is 13.0. The highest BCUT2D eigenvalue weighted by Gasteiger charge is 2.29. The van der Waals surface area contributed by atoms with E-state index in [2.05, 4.69) is 15.2 Å². The summed E-state index contributed by atoms with van der Waals surface area (Å²) in [6.45, 7) is 4.63. The van der Waals surface area contributed by atoms with Crippen LogP contribution in [0.2, 0.25) is 0 Å². The van der Waals surface area contributed by atoms with Crippen molar-refractivity contribution in [2.45, 2.75) is 51.2 Å². The van der Waals surface area contributed by atoms with E-state index in [9.17, 15) is 9.90 Å². The lowest BCUT2D eigenvalue weighted by Gasteiger charge is -2.35. The zero-order chi connectivity index (χ0) is 21.3. The number of hydrogen-bond acceptors (Lipinski definition) is 6. The molecule has 4 rings (SSSR count). The minimum Gasteiger partial charge on any atom is -0.386 e. The fourth-order valence-corrected chi connectivity index (χ4v) is 4.31. The van der Waals surface area contributed by atoms with E-state index >= 15 is 0 Å². The number of aromatic nitrogens is 2. The molecule has 1 aromatic heterocycles. The number of nitrogens with one attached hydrogen (secondary N) is 1. The van der Waals surface area contributed by atoms with E-state index in [0.717, 1.165) is 54.9 Å². The summed E-state index contributed by atoms with van der Waals surface area (Å²) in [6.07, 6.45) is 6.36. The molecule has 0 spiro atoms. The molecule has 2 heterocycles. The van der Waals surface area contributed by atoms with E-state index in [0.29, 0.717) is 24.4 Å². The van der Waals surface area contributed by atoms with Gasteiger partial charge in [0, 0.05) is 20.6 Å². The molecular formula is C23H32N4O3. The summed E-state index contributed by atoms with van der Waals surface area (Å²) in [5.41, 5.74) is 1.64. The van der Waals surface area contributed by atoms with Gasteiger partial charge in [-0.15, -0.1) is 0 Å². The molecule has 1 aliphatic heterocycles. The Hall–Kier alpha value is -2.51. The highest BCUT2D eigenvalue weighted by atomic mass is 16.5. The predicted molar refractivity (Wildman–Crippen MR) is 118 cm³/mol. The van der Waals surface area contributed by atoms with Crippen molar-refractivity contribution in [3.63, 3.8) is 0 Å². The fraction of sp³-hybridized carbons (Fsp3) is 0.522. The molecule has 2 aliphatic rings. The number of carbonyl (C=O) groups is 1. The highest BCUT2D eigenvalue weighted by Crippen LogP contribution is 2.33. The molecule has 0 atom stereocenters. The average Bonchev–Trinajstić information content (AvgIpc) is 2.73. The normalized spacial score (nSPS) is 21.9. The number of ether oxygens (including phenoxy) is 1. The van der Waals surface area contributed by atoms with Gasteiger partial charge in [0.2, 0.25) is 5.91 Å². The summed E-state index contributed by atoms with van der Waals surface area (Å²) >= 11 is 0. The number of aliphatic hydroxyl groups is 1. The van der Waals surface area contributed by atoms with E-state index in [4.69, 9.17) is 9.72 Å². The lowest BCUT2D eigenvalue weighted by Crippen LogP contribution is -2.42. The molecule has 1 saturated carbocycles. The van der Waals surface area contributed by atoms with Gasteiger partial charge in [-0.3, -0.25) is 4.79 Å². The Labute approximate surface area is 179 Å². The molecule has 0 unspecified atom stereocenters. The number of hydrogen-bond donors (Lipinski definition) is 2. The van der Waals surface area contributed by atoms with Crippen molar-refractivity contribution in [3.05, 3.63) is 36.0 Å². The Morgan fingerprint density at radius 3 is 2.57 bits per heavy atom. The zero-order valence-corrected chi connectivity index (χ0v) is 17.9. The van der Waals surface area contributed by atoms with Crippen LogP contribution >= 0.6 is 0 Å². The second-order valence-electron chi connectivity index (χ2n) is 8.87. The Morgan fingerprint density at radius 2 is 1.93 bits per heavy atom. The van der Waals surface area contributed by atoms with Crippen molar-refractivity contribution in [2.75, 3.05) is 30.4 Å². The summed E-state index contributed by atoms with van der Waals surface area (Å²) in [6, 6.07) is 7.71. The standard InChI is InChI=1S/C23H30N4O3.H2/c1-23(2,29)17-8-6-16(7-9-17)19-12-24-21-22(25-19)27(14-20(28)26-21)13-15-4-10-18(30-3)11-5-15;/h6-9,12,15,18,29H,4-5,10-11,13-14H2,1-3H3,(H,24,26,28);1H. The molecule has 7 heteroatoms. The van der Waals surface area contributed by atoms with Gasteiger partial charge in [0.05, 0.1) is 30.1 Å². The largest absolute Gasteiger partial charge is 0.386 e. The zero-order valence-electron chi connectivity index (χ0n) is 17.9. The molecule has 0 saturated heterocycles. The van der Waals surface area contributed by atoms with Crippen LogP contribution < -0.4 is 10.2 Å². The minimum absolute atomic E-state index is 0. The third-order valence-corrected chi connectivity index (χ3v) is 6.14. The Balaban J connectivity index is 0.00000272. The molecule has 7 nitrogen and oxygen atoms in total. The van der Waals surface area contributed by atoms with Gasteiger partial charge in [0.15, 0.2) is 11.6 Å². The number of nitrogens with zero attached hydrogens (tertiary/aromatic N) is 3. The van der Waals surface area contributed by atoms with E-state index < -0.39 is 5.60 Å². The van der Waals surface area contributed by atoms with Gasteiger partial charge >= 0.3 is 0 Å². The maximum atomic E-state index is 12.2. The quantitative estimate of drug-likeness (QED) is 0.780. The van der Waals surface area contributed by atoms with Crippen LogP contribution in [0.1, 0.15) is 46.5 Å². The van der Waals surface area contributed by atoms with Crippen LogP contribution in [-0.2, 0) is 15.1 Å². The Morgan fingerprint density at radius 1 is 1.23 bits per heavy atom. The number of carbonyl (C=O) groups excluding carboxylic acids is 1. The number of amides is 1. The van der Waals surface area contributed by atoms with Crippen molar-refractivity contribution < 1.29 is 16.1 Å². The van der Waals surface area contributed by atoms with Crippen molar-refractivity contribution in [1.29, 1.82) is 0 Å². The van der Waals surface area contributed by atoms with Crippen molar-refractivity contribution in [1.82, 2.24) is 9.97 Å². The molecule has 2 aromatic rings. The predicted octanol–water partition coefficient (Wildman–Crippen LogP) is 3.58. The third kappa shape index (κ3) is 4.47. The highest BCUT2D eigenvalue weighted by molar-refractivity contribution is 5.99. The number of methoxy groups -OCH3 is 1. The van der Waals surface area contributed by atoms with E-state index in [1.54, 1.807) is 27.2 Å². The van der Waals surface area contributed by atoms with E-state index in [1.165, 1.54) is 0 Å². The van der Waals surface area contributed by atoms with Crippen LogP contribution in [-0.4, -0.2) is 47.3 Å². The molecule has 1 aliphatic carbocycles. The van der Waals surface area contributed by atoms with Gasteiger partial charge in [-0.1, -0.05) is 24.3 Å². The fourth-order valence-electron chi connectivity index (χ4n) is 4.31. The van der Waals surface area contributed by atoms with Crippen molar-refractivity contribution in [2.24, 2.45) is 5.92 Å². The van der Waals surface area contributed by atoms with Gasteiger partial charge in [0.1, 0.15) is 0 Å². The molecule has 1 aromatic carbocycles. The molecule has 1 amide bonds. The first-order valence-electron chi connectivity index (χ1n) is 10.6. The first-order valence-corrected chi connectivity index (χ1v) is 10.6. The van der Waals surface area contributed by atoms with Crippen LogP contribution in [0.5, 0.6) is 0 Å². The molecule has 30 heavy (non-hydrogen) atoms. The summed E-state index contributed by atoms with van der Waals surface area (Å²) in [4.78, 5) is 23.6. The third-order valence-electron chi connectivity index (χ3n) is 6.14. The smallest absolute Gasteiger partial charge is 0.245 e. The molecule has 2 N–H and O–H groups in total. The molecule has 162 valence electrons.